The molecule has 10 heteroatoms. The molecule has 0 saturated carbocycles. The van der Waals surface area contributed by atoms with E-state index in [2.05, 4.69) is 0 Å². The van der Waals surface area contributed by atoms with Gasteiger partial charge in [-0.25, -0.2) is 13.9 Å². The fraction of sp³-hybridized carbons (Fsp3) is 0.350. The lowest BCUT2D eigenvalue weighted by Gasteiger charge is -2.32. The minimum atomic E-state index is -4.03. The number of rotatable bonds is 7. The van der Waals surface area contributed by atoms with Crippen LogP contribution in [0.4, 0.5) is 0 Å². The van der Waals surface area contributed by atoms with Crippen LogP contribution in [0.1, 0.15) is 24.6 Å². The van der Waals surface area contributed by atoms with Gasteiger partial charge in [-0.2, -0.15) is 4.31 Å². The highest BCUT2D eigenvalue weighted by molar-refractivity contribution is 7.89. The quantitative estimate of drug-likeness (QED) is 0.504. The SMILES string of the molecule is COc1ccc(S(=O)(=O)N2CCC(Oc3ccccc3)CC2)c(C(=O)NO)c1OC.[HH]. The number of ether oxygens (including phenoxy) is 3. The van der Waals surface area contributed by atoms with Crippen LogP contribution in [0, 0.1) is 0 Å². The van der Waals surface area contributed by atoms with E-state index in [0.29, 0.717) is 12.8 Å². The van der Waals surface area contributed by atoms with E-state index in [9.17, 15) is 13.2 Å². The maximum atomic E-state index is 13.3. The molecule has 0 aromatic heterocycles. The number of carbonyl (C=O) groups excluding carboxylic acids is 1. The number of amides is 1. The molecule has 1 aliphatic rings. The topological polar surface area (TPSA) is 114 Å². The van der Waals surface area contributed by atoms with Crippen LogP contribution in [-0.2, 0) is 10.0 Å². The summed E-state index contributed by atoms with van der Waals surface area (Å²) in [5.74, 6) is -0.176. The number of sulfonamides is 1. The van der Waals surface area contributed by atoms with E-state index >= 15 is 0 Å². The minimum absolute atomic E-state index is 0. The van der Waals surface area contributed by atoms with Crippen molar-refractivity contribution in [1.29, 1.82) is 0 Å². The standard InChI is InChI=1S/C20H24N2O7S.H2/c1-27-16-8-9-17(18(19(16)28-2)20(23)21-24)30(25,26)22-12-10-15(11-13-22)29-14-6-4-3-5-7-14;/h3-9,15,24H,10-13H2,1-2H3,(H,21,23);1H. The third-order valence-corrected chi connectivity index (χ3v) is 6.84. The van der Waals surface area contributed by atoms with Gasteiger partial charge in [-0.3, -0.25) is 10.0 Å². The Balaban J connectivity index is 0.00000341. The summed E-state index contributed by atoms with van der Waals surface area (Å²) in [5.41, 5.74) is 1.16. The molecule has 2 aromatic carbocycles. The molecule has 0 unspecified atom stereocenters. The van der Waals surface area contributed by atoms with Crippen molar-refractivity contribution in [2.45, 2.75) is 23.8 Å². The highest BCUT2D eigenvalue weighted by atomic mass is 32.2. The van der Waals surface area contributed by atoms with Crippen LogP contribution in [-0.4, -0.2) is 57.3 Å². The number of para-hydroxylation sites is 1. The lowest BCUT2D eigenvalue weighted by molar-refractivity contribution is 0.0698. The molecule has 2 N–H and O–H groups in total. The lowest BCUT2D eigenvalue weighted by atomic mass is 10.1. The molecule has 0 aliphatic carbocycles. The monoisotopic (exact) mass is 438 g/mol. The molecule has 1 saturated heterocycles. The summed E-state index contributed by atoms with van der Waals surface area (Å²) in [6, 6.07) is 12.0. The third kappa shape index (κ3) is 4.35. The summed E-state index contributed by atoms with van der Waals surface area (Å²) in [5, 5.41) is 9.13. The van der Waals surface area contributed by atoms with Crippen LogP contribution in [0.15, 0.2) is 47.4 Å². The Morgan fingerprint density at radius 2 is 1.77 bits per heavy atom. The summed E-state index contributed by atoms with van der Waals surface area (Å²) in [7, 11) is -1.38. The van der Waals surface area contributed by atoms with E-state index in [0.717, 1.165) is 5.75 Å². The summed E-state index contributed by atoms with van der Waals surface area (Å²) >= 11 is 0. The van der Waals surface area contributed by atoms with Crippen molar-refractivity contribution in [1.82, 2.24) is 9.79 Å². The Labute approximate surface area is 176 Å². The molecule has 30 heavy (non-hydrogen) atoms. The maximum Gasteiger partial charge on any atom is 0.279 e. The van der Waals surface area contributed by atoms with Gasteiger partial charge in [-0.1, -0.05) is 18.2 Å². The van der Waals surface area contributed by atoms with Gasteiger partial charge in [0.25, 0.3) is 5.91 Å². The average Bonchev–Trinajstić information content (AvgIpc) is 2.78. The lowest BCUT2D eigenvalue weighted by Crippen LogP contribution is -2.42. The zero-order valence-electron chi connectivity index (χ0n) is 16.7. The molecule has 1 heterocycles. The molecule has 9 nitrogen and oxygen atoms in total. The fourth-order valence-corrected chi connectivity index (χ4v) is 5.07. The smallest absolute Gasteiger partial charge is 0.279 e. The molecule has 0 radical (unpaired) electrons. The van der Waals surface area contributed by atoms with E-state index in [1.165, 1.54) is 36.1 Å². The molecule has 164 valence electrons. The molecule has 1 fully saturated rings. The van der Waals surface area contributed by atoms with Crippen molar-refractivity contribution in [2.75, 3.05) is 27.3 Å². The van der Waals surface area contributed by atoms with Crippen LogP contribution in [0.5, 0.6) is 17.2 Å². The Bertz CT molecular complexity index is 994. The van der Waals surface area contributed by atoms with Crippen LogP contribution in [0.2, 0.25) is 0 Å². The minimum Gasteiger partial charge on any atom is -0.493 e. The molecule has 1 amide bonds. The maximum absolute atomic E-state index is 13.3. The van der Waals surface area contributed by atoms with Gasteiger partial charge in [0.05, 0.1) is 19.1 Å². The van der Waals surface area contributed by atoms with Gasteiger partial charge in [0.1, 0.15) is 17.4 Å². The Morgan fingerprint density at radius 3 is 2.33 bits per heavy atom. The van der Waals surface area contributed by atoms with E-state index in [-0.39, 0.29) is 42.6 Å². The van der Waals surface area contributed by atoms with E-state index in [4.69, 9.17) is 19.4 Å². The molecular formula is C20H26N2O7S. The molecule has 0 bridgehead atoms. The molecule has 1 aliphatic heterocycles. The van der Waals surface area contributed by atoms with E-state index in [1.54, 1.807) is 0 Å². The summed E-state index contributed by atoms with van der Waals surface area (Å²) < 4.78 is 44.1. The first-order valence-electron chi connectivity index (χ1n) is 9.33. The van der Waals surface area contributed by atoms with E-state index in [1.807, 2.05) is 30.3 Å². The molecule has 0 spiro atoms. The average molecular weight is 439 g/mol. The van der Waals surface area contributed by atoms with Gasteiger partial charge in [0.15, 0.2) is 11.5 Å². The summed E-state index contributed by atoms with van der Waals surface area (Å²) in [6.07, 6.45) is 0.899. The second-order valence-corrected chi connectivity index (χ2v) is 8.56. The van der Waals surface area contributed by atoms with Gasteiger partial charge < -0.3 is 14.2 Å². The highest BCUT2D eigenvalue weighted by Crippen LogP contribution is 2.37. The number of hydrogen-bond acceptors (Lipinski definition) is 7. The summed E-state index contributed by atoms with van der Waals surface area (Å²) in [6.45, 7) is 0.461. The number of nitrogens with zero attached hydrogens (tertiary/aromatic N) is 1. The fourth-order valence-electron chi connectivity index (χ4n) is 3.42. The van der Waals surface area contributed by atoms with Gasteiger partial charge in [-0.15, -0.1) is 0 Å². The molecule has 2 aromatic rings. The molecule has 3 rings (SSSR count). The van der Waals surface area contributed by atoms with Crippen molar-refractivity contribution >= 4 is 15.9 Å². The molecular weight excluding hydrogens is 412 g/mol. The number of benzene rings is 2. The van der Waals surface area contributed by atoms with Crippen LogP contribution < -0.4 is 19.7 Å². The first-order valence-corrected chi connectivity index (χ1v) is 10.8. The summed E-state index contributed by atoms with van der Waals surface area (Å²) in [4.78, 5) is 12.0. The van der Waals surface area contributed by atoms with Crippen molar-refractivity contribution in [3.8, 4) is 17.2 Å². The number of hydrogen-bond donors (Lipinski definition) is 2. The molecule has 0 atom stereocenters. The Hall–Kier alpha value is -2.82. The Morgan fingerprint density at radius 1 is 1.10 bits per heavy atom. The first kappa shape index (κ1) is 21.9. The predicted molar refractivity (Wildman–Crippen MR) is 110 cm³/mol. The Kier molecular flexibility index (Phi) is 6.80. The van der Waals surface area contributed by atoms with Crippen molar-refractivity contribution in [3.63, 3.8) is 0 Å². The van der Waals surface area contributed by atoms with Crippen molar-refractivity contribution < 1.29 is 34.1 Å². The van der Waals surface area contributed by atoms with Crippen LogP contribution in [0.3, 0.4) is 0 Å². The predicted octanol–water partition coefficient (Wildman–Crippen LogP) is 2.30. The zero-order valence-corrected chi connectivity index (χ0v) is 17.5. The van der Waals surface area contributed by atoms with Gasteiger partial charge >= 0.3 is 0 Å². The largest absolute Gasteiger partial charge is 0.493 e. The van der Waals surface area contributed by atoms with Crippen molar-refractivity contribution in [2.24, 2.45) is 0 Å². The number of carbonyl (C=O) groups is 1. The first-order chi connectivity index (χ1) is 14.4. The highest BCUT2D eigenvalue weighted by Gasteiger charge is 2.35. The second-order valence-electron chi connectivity index (χ2n) is 6.65. The van der Waals surface area contributed by atoms with Gasteiger partial charge in [0.2, 0.25) is 10.0 Å². The number of piperidine rings is 1. The number of hydroxylamine groups is 1. The zero-order chi connectivity index (χ0) is 21.7. The third-order valence-electron chi connectivity index (χ3n) is 4.90. The normalized spacial score (nSPS) is 15.4. The van der Waals surface area contributed by atoms with Crippen molar-refractivity contribution in [3.05, 3.63) is 48.0 Å². The van der Waals surface area contributed by atoms with Gasteiger partial charge in [-0.05, 0) is 37.1 Å². The van der Waals surface area contributed by atoms with E-state index < -0.39 is 15.9 Å². The van der Waals surface area contributed by atoms with Crippen LogP contribution in [0.25, 0.3) is 0 Å². The number of nitrogens with one attached hydrogen (secondary N) is 1. The second kappa shape index (κ2) is 9.33. The van der Waals surface area contributed by atoms with Gasteiger partial charge in [0, 0.05) is 14.5 Å². The number of methoxy groups -OCH3 is 2. The van der Waals surface area contributed by atoms with Crippen LogP contribution >= 0.6 is 0 Å².